The molecule has 7 heteroatoms. The van der Waals surface area contributed by atoms with Gasteiger partial charge in [0.1, 0.15) is 17.3 Å². The Morgan fingerprint density at radius 1 is 1.30 bits per heavy atom. The minimum atomic E-state index is -0.722. The van der Waals surface area contributed by atoms with Crippen molar-refractivity contribution in [3.05, 3.63) is 52.8 Å². The monoisotopic (exact) mass is 334 g/mol. The molecular weight excluding hydrogens is 323 g/mol. The number of nitrogens with zero attached hydrogens (tertiary/aromatic N) is 1. The van der Waals surface area contributed by atoms with Crippen LogP contribution in [0.4, 0.5) is 15.8 Å². The molecule has 0 fully saturated rings. The normalized spacial score (nSPS) is 13.3. The molecule has 5 nitrogen and oxygen atoms in total. The van der Waals surface area contributed by atoms with E-state index in [1.807, 2.05) is 0 Å². The number of halogens is 2. The van der Waals surface area contributed by atoms with Gasteiger partial charge in [-0.15, -0.1) is 0 Å². The van der Waals surface area contributed by atoms with Crippen LogP contribution in [0, 0.1) is 5.82 Å². The molecule has 0 aliphatic carbocycles. The zero-order chi connectivity index (χ0) is 16.6. The third kappa shape index (κ3) is 2.73. The Balaban J connectivity index is 1.98. The SMILES string of the molecule is CN1C(=O)COc2cccc(NC(=O)c3c(F)cccc3Cl)c21. The number of fused-ring (bicyclic) bond motifs is 1. The summed E-state index contributed by atoms with van der Waals surface area (Å²) in [6.45, 7) is -0.0694. The van der Waals surface area contributed by atoms with Crippen molar-refractivity contribution in [3.63, 3.8) is 0 Å². The maximum atomic E-state index is 13.8. The van der Waals surface area contributed by atoms with Crippen molar-refractivity contribution in [1.29, 1.82) is 0 Å². The summed E-state index contributed by atoms with van der Waals surface area (Å²) in [5.74, 6) is -1.21. The lowest BCUT2D eigenvalue weighted by molar-refractivity contribution is -0.120. The first kappa shape index (κ1) is 15.3. The van der Waals surface area contributed by atoms with Crippen LogP contribution < -0.4 is 15.0 Å². The number of ether oxygens (including phenoxy) is 1. The molecule has 2 aromatic carbocycles. The Morgan fingerprint density at radius 3 is 2.78 bits per heavy atom. The number of hydrogen-bond acceptors (Lipinski definition) is 3. The molecule has 118 valence electrons. The van der Waals surface area contributed by atoms with Gasteiger partial charge in [0.05, 0.1) is 16.3 Å². The second kappa shape index (κ2) is 5.89. The molecule has 1 aliphatic rings. The summed E-state index contributed by atoms with van der Waals surface area (Å²) in [6, 6.07) is 8.95. The molecule has 0 unspecified atom stereocenters. The van der Waals surface area contributed by atoms with Crippen LogP contribution in [0.1, 0.15) is 10.4 Å². The number of carbonyl (C=O) groups excluding carboxylic acids is 2. The number of rotatable bonds is 2. The van der Waals surface area contributed by atoms with E-state index in [9.17, 15) is 14.0 Å². The molecule has 0 saturated heterocycles. The van der Waals surface area contributed by atoms with Gasteiger partial charge in [-0.3, -0.25) is 9.59 Å². The number of para-hydroxylation sites is 1. The predicted molar refractivity (Wildman–Crippen MR) is 84.7 cm³/mol. The fourth-order valence-corrected chi connectivity index (χ4v) is 2.60. The average molecular weight is 335 g/mol. The van der Waals surface area contributed by atoms with Crippen LogP contribution in [-0.4, -0.2) is 25.5 Å². The fourth-order valence-electron chi connectivity index (χ4n) is 2.35. The van der Waals surface area contributed by atoms with Crippen LogP contribution in [0.15, 0.2) is 36.4 Å². The van der Waals surface area contributed by atoms with Crippen LogP contribution in [0.2, 0.25) is 5.02 Å². The minimum Gasteiger partial charge on any atom is -0.481 e. The van der Waals surface area contributed by atoms with Crippen LogP contribution in [0.5, 0.6) is 5.75 Å². The molecule has 0 bridgehead atoms. The lowest BCUT2D eigenvalue weighted by Gasteiger charge is -2.28. The van der Waals surface area contributed by atoms with E-state index in [1.54, 1.807) is 25.2 Å². The Hall–Kier alpha value is -2.60. The number of anilines is 2. The summed E-state index contributed by atoms with van der Waals surface area (Å²) < 4.78 is 19.2. The van der Waals surface area contributed by atoms with Gasteiger partial charge in [0, 0.05) is 7.05 Å². The van der Waals surface area contributed by atoms with Crippen LogP contribution in [0.25, 0.3) is 0 Å². The molecule has 3 rings (SSSR count). The van der Waals surface area contributed by atoms with Gasteiger partial charge in [-0.1, -0.05) is 23.7 Å². The Bertz CT molecular complexity index is 790. The number of nitrogens with one attached hydrogen (secondary N) is 1. The van der Waals surface area contributed by atoms with E-state index in [4.69, 9.17) is 16.3 Å². The molecular formula is C16H12ClFN2O3. The van der Waals surface area contributed by atoms with Crippen molar-refractivity contribution in [2.24, 2.45) is 0 Å². The van der Waals surface area contributed by atoms with Gasteiger partial charge in [-0.25, -0.2) is 4.39 Å². The van der Waals surface area contributed by atoms with Gasteiger partial charge in [0.2, 0.25) is 0 Å². The van der Waals surface area contributed by atoms with Crippen molar-refractivity contribution in [1.82, 2.24) is 0 Å². The molecule has 1 aliphatic heterocycles. The Labute approximate surface area is 136 Å². The summed E-state index contributed by atoms with van der Waals surface area (Å²) in [6.07, 6.45) is 0. The molecule has 2 amide bonds. The largest absolute Gasteiger partial charge is 0.481 e. The lowest BCUT2D eigenvalue weighted by Crippen LogP contribution is -2.36. The van der Waals surface area contributed by atoms with Crippen molar-refractivity contribution in [2.75, 3.05) is 23.9 Å². The van der Waals surface area contributed by atoms with Gasteiger partial charge in [-0.05, 0) is 24.3 Å². The van der Waals surface area contributed by atoms with Gasteiger partial charge in [-0.2, -0.15) is 0 Å². The Morgan fingerprint density at radius 2 is 2.04 bits per heavy atom. The van der Waals surface area contributed by atoms with Crippen LogP contribution in [-0.2, 0) is 4.79 Å². The van der Waals surface area contributed by atoms with Gasteiger partial charge in [0.15, 0.2) is 6.61 Å². The summed E-state index contributed by atoms with van der Waals surface area (Å²) in [7, 11) is 1.58. The first-order valence-electron chi connectivity index (χ1n) is 6.77. The summed E-state index contributed by atoms with van der Waals surface area (Å²) in [4.78, 5) is 25.5. The van der Waals surface area contributed by atoms with E-state index in [0.717, 1.165) is 6.07 Å². The molecule has 1 heterocycles. The highest BCUT2D eigenvalue weighted by Gasteiger charge is 2.26. The third-order valence-corrected chi connectivity index (χ3v) is 3.81. The number of likely N-dealkylation sites (N-methyl/N-ethyl adjacent to an activating group) is 1. The molecule has 0 spiro atoms. The number of carbonyl (C=O) groups is 2. The highest BCUT2D eigenvalue weighted by Crippen LogP contribution is 2.38. The zero-order valence-corrected chi connectivity index (χ0v) is 12.9. The summed E-state index contributed by atoms with van der Waals surface area (Å²) in [5.41, 5.74) is 0.504. The lowest BCUT2D eigenvalue weighted by atomic mass is 10.1. The highest BCUT2D eigenvalue weighted by molar-refractivity contribution is 6.34. The van der Waals surface area contributed by atoms with Crippen molar-refractivity contribution in [2.45, 2.75) is 0 Å². The first-order valence-corrected chi connectivity index (χ1v) is 7.14. The van der Waals surface area contributed by atoms with Gasteiger partial charge in [0.25, 0.3) is 11.8 Å². The van der Waals surface area contributed by atoms with E-state index in [1.165, 1.54) is 17.0 Å². The van der Waals surface area contributed by atoms with E-state index >= 15 is 0 Å². The average Bonchev–Trinajstić information content (AvgIpc) is 2.51. The molecule has 2 aromatic rings. The zero-order valence-electron chi connectivity index (χ0n) is 12.1. The summed E-state index contributed by atoms with van der Waals surface area (Å²) in [5, 5.41) is 2.59. The second-order valence-electron chi connectivity index (χ2n) is 4.94. The van der Waals surface area contributed by atoms with Gasteiger partial charge < -0.3 is 15.0 Å². The number of hydrogen-bond donors (Lipinski definition) is 1. The maximum Gasteiger partial charge on any atom is 0.264 e. The maximum absolute atomic E-state index is 13.8. The quantitative estimate of drug-likeness (QED) is 0.918. The minimum absolute atomic E-state index is 0.00739. The van der Waals surface area contributed by atoms with E-state index < -0.39 is 11.7 Å². The smallest absolute Gasteiger partial charge is 0.264 e. The topological polar surface area (TPSA) is 58.6 Å². The molecule has 0 aromatic heterocycles. The van der Waals surface area contributed by atoms with Crippen LogP contribution >= 0.6 is 11.6 Å². The van der Waals surface area contributed by atoms with Crippen molar-refractivity contribution >= 4 is 34.8 Å². The predicted octanol–water partition coefficient (Wildman–Crippen LogP) is 3.09. The van der Waals surface area contributed by atoms with Crippen molar-refractivity contribution < 1.29 is 18.7 Å². The summed E-state index contributed by atoms with van der Waals surface area (Å²) >= 11 is 5.90. The van der Waals surface area contributed by atoms with Crippen molar-refractivity contribution in [3.8, 4) is 5.75 Å². The number of benzene rings is 2. The second-order valence-corrected chi connectivity index (χ2v) is 5.35. The standard InChI is InChI=1S/C16H12ClFN2O3/c1-20-13(21)8-23-12-7-3-6-11(15(12)20)19-16(22)14-9(17)4-2-5-10(14)18/h2-7H,8H2,1H3,(H,19,22). The van der Waals surface area contributed by atoms with E-state index in [0.29, 0.717) is 17.1 Å². The van der Waals surface area contributed by atoms with Gasteiger partial charge >= 0.3 is 0 Å². The number of amides is 2. The first-order chi connectivity index (χ1) is 11.0. The molecule has 0 saturated carbocycles. The van der Waals surface area contributed by atoms with E-state index in [2.05, 4.69) is 5.32 Å². The molecule has 0 atom stereocenters. The third-order valence-electron chi connectivity index (χ3n) is 3.50. The molecule has 23 heavy (non-hydrogen) atoms. The highest BCUT2D eigenvalue weighted by atomic mass is 35.5. The van der Waals surface area contributed by atoms with E-state index in [-0.39, 0.29) is 23.1 Å². The fraction of sp³-hybridized carbons (Fsp3) is 0.125. The van der Waals surface area contributed by atoms with Crippen LogP contribution in [0.3, 0.4) is 0 Å². The Kier molecular flexibility index (Phi) is 3.92. The molecule has 0 radical (unpaired) electrons. The molecule has 1 N–H and O–H groups in total.